The fourth-order valence-electron chi connectivity index (χ4n) is 3.47. The summed E-state index contributed by atoms with van der Waals surface area (Å²) in [5.41, 5.74) is -3.01. The van der Waals surface area contributed by atoms with Crippen LogP contribution in [-0.4, -0.2) is 54.3 Å². The van der Waals surface area contributed by atoms with Crippen LogP contribution in [0.15, 0.2) is 41.3 Å². The molecule has 0 spiro atoms. The van der Waals surface area contributed by atoms with Gasteiger partial charge in [-0.2, -0.15) is 28.0 Å². The summed E-state index contributed by atoms with van der Waals surface area (Å²) in [5, 5.41) is 38.8. The zero-order chi connectivity index (χ0) is 24.6. The van der Waals surface area contributed by atoms with Crippen LogP contribution in [0.1, 0.15) is 22.3 Å². The van der Waals surface area contributed by atoms with Gasteiger partial charge in [0.25, 0.3) is 0 Å². The first kappa shape index (κ1) is 24.5. The van der Waals surface area contributed by atoms with Crippen molar-refractivity contribution in [2.24, 2.45) is 0 Å². The van der Waals surface area contributed by atoms with Crippen molar-refractivity contribution in [2.45, 2.75) is 29.7 Å². The molecule has 0 aliphatic carbocycles. The normalized spacial score (nSPS) is 21.4. The van der Waals surface area contributed by atoms with Crippen LogP contribution in [-0.2, 0) is 16.2 Å². The maximum Gasteiger partial charge on any atom is 0.416 e. The van der Waals surface area contributed by atoms with E-state index in [9.17, 15) is 37.1 Å². The fourth-order valence-corrected chi connectivity index (χ4v) is 5.10. The molecule has 1 aliphatic rings. The Morgan fingerprint density at radius 3 is 2.45 bits per heavy atom. The smallest absolute Gasteiger partial charge is 0.416 e. The summed E-state index contributed by atoms with van der Waals surface area (Å²) in [4.78, 5) is -0.659. The van der Waals surface area contributed by atoms with Crippen molar-refractivity contribution >= 4 is 10.0 Å². The molecule has 1 unspecified atom stereocenters. The number of halogens is 3. The lowest BCUT2D eigenvalue weighted by Crippen LogP contribution is -2.48. The summed E-state index contributed by atoms with van der Waals surface area (Å²) in [6.45, 7) is -0.279. The highest BCUT2D eigenvalue weighted by Crippen LogP contribution is 2.35. The number of nitrogens with zero attached hydrogens (tertiary/aromatic N) is 3. The van der Waals surface area contributed by atoms with Gasteiger partial charge >= 0.3 is 6.18 Å². The highest BCUT2D eigenvalue weighted by Gasteiger charge is 2.51. The molecule has 33 heavy (non-hydrogen) atoms. The van der Waals surface area contributed by atoms with Crippen LogP contribution in [0.3, 0.4) is 0 Å². The molecule has 12 heteroatoms. The predicted molar refractivity (Wildman–Crippen MR) is 107 cm³/mol. The molecule has 1 heterocycles. The Balaban J connectivity index is 1.95. The Morgan fingerprint density at radius 2 is 1.91 bits per heavy atom. The van der Waals surface area contributed by atoms with Gasteiger partial charge in [0.1, 0.15) is 23.5 Å². The third-order valence-electron chi connectivity index (χ3n) is 5.31. The van der Waals surface area contributed by atoms with Gasteiger partial charge in [-0.15, -0.1) is 0 Å². The maximum absolute atomic E-state index is 13.1. The van der Waals surface area contributed by atoms with Crippen LogP contribution < -0.4 is 4.74 Å². The van der Waals surface area contributed by atoms with Gasteiger partial charge in [-0.3, -0.25) is 0 Å². The van der Waals surface area contributed by atoms with Crippen molar-refractivity contribution in [1.82, 2.24) is 4.31 Å². The van der Waals surface area contributed by atoms with E-state index in [-0.39, 0.29) is 5.75 Å². The lowest BCUT2D eigenvalue weighted by Gasteiger charge is -2.27. The minimum atomic E-state index is -4.77. The number of rotatable bonds is 5. The van der Waals surface area contributed by atoms with E-state index >= 15 is 0 Å². The Morgan fingerprint density at radius 1 is 1.21 bits per heavy atom. The highest BCUT2D eigenvalue weighted by molar-refractivity contribution is 7.89. The van der Waals surface area contributed by atoms with Gasteiger partial charge < -0.3 is 14.9 Å². The highest BCUT2D eigenvalue weighted by atomic mass is 32.2. The molecule has 174 valence electrons. The molecule has 0 radical (unpaired) electrons. The number of benzene rings is 2. The van der Waals surface area contributed by atoms with E-state index in [1.807, 2.05) is 6.07 Å². The summed E-state index contributed by atoms with van der Waals surface area (Å²) in [7, 11) is -4.52. The van der Waals surface area contributed by atoms with Crippen molar-refractivity contribution in [3.8, 4) is 17.9 Å². The standard InChI is InChI=1S/C21H18F3N3O5S/c1-13-6-14(8-25)2-4-17(13)32-19-10-27(11-20(19,29)12-28)33(30,31)18-5-3-16(21(22,23)24)7-15(18)9-26/h2-7,19,28-29H,10-12H2,1H3/t19?,20-/m1/s1. The molecule has 2 N–H and O–H groups in total. The van der Waals surface area contributed by atoms with Gasteiger partial charge in [0.15, 0.2) is 0 Å². The third kappa shape index (κ3) is 4.65. The fraction of sp³-hybridized carbons (Fsp3) is 0.333. The van der Waals surface area contributed by atoms with Crippen molar-refractivity contribution in [3.63, 3.8) is 0 Å². The van der Waals surface area contributed by atoms with Crippen molar-refractivity contribution in [3.05, 3.63) is 58.7 Å². The SMILES string of the molecule is Cc1cc(C#N)ccc1OC1CN(S(=O)(=O)c2ccc(C(F)(F)F)cc2C#N)C[C@@]1(O)CO. The number of hydrogen-bond acceptors (Lipinski definition) is 7. The molecular formula is C21H18F3N3O5S. The lowest BCUT2D eigenvalue weighted by atomic mass is 10.0. The molecule has 1 saturated heterocycles. The third-order valence-corrected chi connectivity index (χ3v) is 7.18. The Labute approximate surface area is 187 Å². The van der Waals surface area contributed by atoms with Crippen LogP contribution in [0.5, 0.6) is 5.75 Å². The largest absolute Gasteiger partial charge is 0.486 e. The molecule has 0 saturated carbocycles. The number of aryl methyl sites for hydroxylation is 1. The number of hydrogen-bond donors (Lipinski definition) is 2. The molecule has 1 fully saturated rings. The Hall–Kier alpha value is -3.16. The molecule has 0 aromatic heterocycles. The number of alkyl halides is 3. The molecule has 2 atom stereocenters. The molecule has 3 rings (SSSR count). The average molecular weight is 481 g/mol. The van der Waals surface area contributed by atoms with Crippen molar-refractivity contribution in [1.29, 1.82) is 10.5 Å². The summed E-state index contributed by atoms with van der Waals surface area (Å²) < 4.78 is 71.6. The minimum absolute atomic E-state index is 0.248. The Bertz CT molecular complexity index is 1270. The Kier molecular flexibility index (Phi) is 6.42. The van der Waals surface area contributed by atoms with E-state index in [0.29, 0.717) is 29.3 Å². The monoisotopic (exact) mass is 481 g/mol. The van der Waals surface area contributed by atoms with Crippen molar-refractivity contribution in [2.75, 3.05) is 19.7 Å². The summed E-state index contributed by atoms with van der Waals surface area (Å²) in [6.07, 6.45) is -6.00. The minimum Gasteiger partial charge on any atom is -0.486 e. The van der Waals surface area contributed by atoms with E-state index in [2.05, 4.69) is 0 Å². The van der Waals surface area contributed by atoms with E-state index in [0.717, 1.165) is 4.31 Å². The first-order valence-corrected chi connectivity index (χ1v) is 10.9. The number of nitriles is 2. The van der Waals surface area contributed by atoms with Gasteiger partial charge in [0, 0.05) is 6.54 Å². The predicted octanol–water partition coefficient (Wildman–Crippen LogP) is 1.93. The van der Waals surface area contributed by atoms with E-state index in [1.54, 1.807) is 6.92 Å². The molecule has 2 aromatic rings. The zero-order valence-electron chi connectivity index (χ0n) is 17.2. The van der Waals surface area contributed by atoms with Crippen LogP contribution >= 0.6 is 0 Å². The first-order chi connectivity index (χ1) is 15.4. The maximum atomic E-state index is 13.1. The number of aliphatic hydroxyl groups is 2. The number of β-amino-alcohol motifs (C(OH)–C–C–N with tert-alkyl or cyclic N) is 1. The topological polar surface area (TPSA) is 135 Å². The average Bonchev–Trinajstić information content (AvgIpc) is 3.11. The van der Waals surface area contributed by atoms with Gasteiger partial charge in [0.05, 0.1) is 40.8 Å². The van der Waals surface area contributed by atoms with Crippen LogP contribution in [0.4, 0.5) is 13.2 Å². The lowest BCUT2D eigenvalue weighted by molar-refractivity contribution is -0.137. The second-order valence-electron chi connectivity index (χ2n) is 7.58. The van der Waals surface area contributed by atoms with E-state index in [4.69, 9.17) is 10.00 Å². The first-order valence-electron chi connectivity index (χ1n) is 9.48. The number of sulfonamides is 1. The molecule has 2 aromatic carbocycles. The van der Waals surface area contributed by atoms with Gasteiger partial charge in [-0.05, 0) is 48.9 Å². The molecule has 0 bridgehead atoms. The summed E-state index contributed by atoms with van der Waals surface area (Å²) in [5.74, 6) is 0.248. The van der Waals surface area contributed by atoms with E-state index in [1.165, 1.54) is 24.3 Å². The molecule has 0 amide bonds. The number of aliphatic hydroxyl groups excluding tert-OH is 1. The van der Waals surface area contributed by atoms with E-state index < -0.39 is 63.6 Å². The summed E-state index contributed by atoms with van der Waals surface area (Å²) in [6, 6.07) is 9.56. The molecule has 8 nitrogen and oxygen atoms in total. The second kappa shape index (κ2) is 8.65. The summed E-state index contributed by atoms with van der Waals surface area (Å²) >= 11 is 0. The second-order valence-corrected chi connectivity index (χ2v) is 9.48. The van der Waals surface area contributed by atoms with Crippen molar-refractivity contribution < 1.29 is 36.5 Å². The quantitative estimate of drug-likeness (QED) is 0.666. The molecule has 1 aliphatic heterocycles. The van der Waals surface area contributed by atoms with Crippen LogP contribution in [0.25, 0.3) is 0 Å². The molecular weight excluding hydrogens is 463 g/mol. The zero-order valence-corrected chi connectivity index (χ0v) is 18.0. The van der Waals surface area contributed by atoms with Gasteiger partial charge in [-0.1, -0.05) is 0 Å². The van der Waals surface area contributed by atoms with Crippen LogP contribution in [0, 0.1) is 29.6 Å². The van der Waals surface area contributed by atoms with Gasteiger partial charge in [-0.25, -0.2) is 8.42 Å². The van der Waals surface area contributed by atoms with Crippen LogP contribution in [0.2, 0.25) is 0 Å². The number of ether oxygens (including phenoxy) is 1. The van der Waals surface area contributed by atoms with Gasteiger partial charge in [0.2, 0.25) is 10.0 Å².